The van der Waals surface area contributed by atoms with Crippen molar-refractivity contribution in [1.29, 1.82) is 0 Å². The van der Waals surface area contributed by atoms with Crippen LogP contribution in [0.15, 0.2) is 53.4 Å². The summed E-state index contributed by atoms with van der Waals surface area (Å²) in [6, 6.07) is 13.9. The zero-order valence-corrected chi connectivity index (χ0v) is 18.1. The molecule has 1 aliphatic rings. The number of rotatable bonds is 7. The van der Waals surface area contributed by atoms with E-state index in [0.717, 1.165) is 23.1 Å². The molecule has 2 aromatic carbocycles. The lowest BCUT2D eigenvalue weighted by Crippen LogP contribution is -2.36. The first kappa shape index (κ1) is 21.7. The fraction of sp³-hybridized carbons (Fsp3) is 0.182. The number of ether oxygens (including phenoxy) is 1. The maximum atomic E-state index is 12.7. The molecule has 1 saturated heterocycles. The quantitative estimate of drug-likeness (QED) is 0.396. The van der Waals surface area contributed by atoms with Crippen molar-refractivity contribution in [1.82, 2.24) is 4.90 Å². The fourth-order valence-corrected chi connectivity index (χ4v) is 4.00. The van der Waals surface area contributed by atoms with Gasteiger partial charge in [-0.3, -0.25) is 19.3 Å². The molecule has 0 unspecified atom stereocenters. The molecule has 0 aromatic heterocycles. The maximum Gasteiger partial charge on any atom is 0.266 e. The summed E-state index contributed by atoms with van der Waals surface area (Å²) in [4.78, 5) is 38.1. The van der Waals surface area contributed by atoms with Crippen molar-refractivity contribution >= 4 is 57.7 Å². The number of thiocarbonyl (C=S) groups is 1. The third-order valence-electron chi connectivity index (χ3n) is 4.24. The number of benzene rings is 2. The lowest BCUT2D eigenvalue weighted by Gasteiger charge is -2.14. The molecule has 6 nitrogen and oxygen atoms in total. The van der Waals surface area contributed by atoms with E-state index in [1.807, 2.05) is 31.2 Å². The van der Waals surface area contributed by atoms with Crippen molar-refractivity contribution in [2.75, 3.05) is 18.5 Å². The van der Waals surface area contributed by atoms with Crippen LogP contribution in [-0.4, -0.2) is 40.0 Å². The van der Waals surface area contributed by atoms with Gasteiger partial charge in [0.1, 0.15) is 16.6 Å². The van der Waals surface area contributed by atoms with Crippen molar-refractivity contribution in [3.05, 3.63) is 64.6 Å². The minimum absolute atomic E-state index is 0.0511. The zero-order valence-electron chi connectivity index (χ0n) is 16.5. The zero-order chi connectivity index (χ0) is 21.7. The van der Waals surface area contributed by atoms with Crippen LogP contribution in [-0.2, 0) is 9.59 Å². The molecule has 30 heavy (non-hydrogen) atoms. The molecular weight excluding hydrogens is 420 g/mol. The molecule has 1 N–H and O–H groups in total. The van der Waals surface area contributed by atoms with Gasteiger partial charge < -0.3 is 10.1 Å². The average Bonchev–Trinajstić information content (AvgIpc) is 2.97. The van der Waals surface area contributed by atoms with Gasteiger partial charge in [-0.05, 0) is 61.9 Å². The van der Waals surface area contributed by atoms with E-state index in [9.17, 15) is 14.4 Å². The second kappa shape index (κ2) is 9.69. The summed E-state index contributed by atoms with van der Waals surface area (Å²) in [5.41, 5.74) is 1.94. The van der Waals surface area contributed by atoms with Crippen LogP contribution in [0.5, 0.6) is 5.75 Å². The summed E-state index contributed by atoms with van der Waals surface area (Å²) in [6.45, 7) is 3.79. The van der Waals surface area contributed by atoms with Crippen LogP contribution >= 0.6 is 24.0 Å². The van der Waals surface area contributed by atoms with Crippen LogP contribution in [0, 0.1) is 0 Å². The highest BCUT2D eigenvalue weighted by atomic mass is 32.2. The minimum atomic E-state index is -0.371. The molecule has 154 valence electrons. The van der Waals surface area contributed by atoms with Gasteiger partial charge in [0.25, 0.3) is 5.91 Å². The largest absolute Gasteiger partial charge is 0.494 e. The fourth-order valence-electron chi connectivity index (χ4n) is 2.75. The van der Waals surface area contributed by atoms with Crippen molar-refractivity contribution in [3.63, 3.8) is 0 Å². The van der Waals surface area contributed by atoms with Crippen LogP contribution < -0.4 is 10.1 Å². The molecule has 2 aromatic rings. The Bertz CT molecular complexity index is 1010. The number of Topliss-reactive ketones (excluding diaryl/α,β-unsaturated/α-hetero) is 1. The van der Waals surface area contributed by atoms with Crippen LogP contribution in [0.25, 0.3) is 6.08 Å². The van der Waals surface area contributed by atoms with E-state index in [2.05, 4.69) is 5.32 Å². The maximum absolute atomic E-state index is 12.7. The number of ketones is 1. The second-order valence-corrected chi connectivity index (χ2v) is 8.13. The van der Waals surface area contributed by atoms with E-state index in [-0.39, 0.29) is 24.1 Å². The molecular formula is C22H20N2O4S2. The Morgan fingerprint density at radius 3 is 2.40 bits per heavy atom. The summed E-state index contributed by atoms with van der Waals surface area (Å²) in [5.74, 6) is 0.0325. The highest BCUT2D eigenvalue weighted by Gasteiger charge is 2.33. The van der Waals surface area contributed by atoms with Gasteiger partial charge in [0, 0.05) is 11.3 Å². The van der Waals surface area contributed by atoms with Crippen molar-refractivity contribution < 1.29 is 19.1 Å². The molecule has 1 aliphatic heterocycles. The van der Waals surface area contributed by atoms with Crippen LogP contribution in [0.3, 0.4) is 0 Å². The first-order valence-electron chi connectivity index (χ1n) is 9.26. The molecule has 1 fully saturated rings. The third-order valence-corrected chi connectivity index (χ3v) is 5.62. The normalized spacial score (nSPS) is 14.9. The SMILES string of the molecule is CCOc1ccc(/C=C2/SC(=S)N(CC(=O)Nc3ccc(C(C)=O)cc3)C2=O)cc1. The Kier molecular flexibility index (Phi) is 7.02. The van der Waals surface area contributed by atoms with Crippen molar-refractivity contribution in [2.45, 2.75) is 13.8 Å². The van der Waals surface area contributed by atoms with Crippen LogP contribution in [0.2, 0.25) is 0 Å². The summed E-state index contributed by atoms with van der Waals surface area (Å²) in [7, 11) is 0. The lowest BCUT2D eigenvalue weighted by atomic mass is 10.1. The van der Waals surface area contributed by atoms with Gasteiger partial charge in [-0.1, -0.05) is 36.1 Å². The Labute approximate surface area is 184 Å². The van der Waals surface area contributed by atoms with Gasteiger partial charge in [0.2, 0.25) is 5.91 Å². The lowest BCUT2D eigenvalue weighted by molar-refractivity contribution is -0.126. The van der Waals surface area contributed by atoms with Gasteiger partial charge in [-0.15, -0.1) is 0 Å². The van der Waals surface area contributed by atoms with Crippen LogP contribution in [0.4, 0.5) is 5.69 Å². The van der Waals surface area contributed by atoms with E-state index >= 15 is 0 Å². The number of amides is 2. The smallest absolute Gasteiger partial charge is 0.266 e. The van der Waals surface area contributed by atoms with E-state index < -0.39 is 0 Å². The first-order chi connectivity index (χ1) is 14.4. The standard InChI is InChI=1S/C22H20N2O4S2/c1-3-28-18-10-4-15(5-11-18)12-19-21(27)24(22(29)30-19)13-20(26)23-17-8-6-16(7-9-17)14(2)25/h4-12H,3,13H2,1-2H3,(H,23,26)/b19-12+. The highest BCUT2D eigenvalue weighted by Crippen LogP contribution is 2.32. The van der Waals surface area contributed by atoms with Crippen molar-refractivity contribution in [3.8, 4) is 5.75 Å². The molecule has 8 heteroatoms. The van der Waals surface area contributed by atoms with E-state index in [1.54, 1.807) is 30.3 Å². The molecule has 0 spiro atoms. The predicted molar refractivity (Wildman–Crippen MR) is 123 cm³/mol. The molecule has 0 aliphatic carbocycles. The van der Waals surface area contributed by atoms with E-state index in [4.69, 9.17) is 17.0 Å². The number of thioether (sulfide) groups is 1. The number of anilines is 1. The number of carbonyl (C=O) groups excluding carboxylic acids is 3. The number of nitrogens with one attached hydrogen (secondary N) is 1. The van der Waals surface area contributed by atoms with Crippen molar-refractivity contribution in [2.24, 2.45) is 0 Å². The highest BCUT2D eigenvalue weighted by molar-refractivity contribution is 8.26. The molecule has 2 amide bonds. The van der Waals surface area contributed by atoms with Gasteiger partial charge in [0.05, 0.1) is 11.5 Å². The van der Waals surface area contributed by atoms with Gasteiger partial charge in [-0.2, -0.15) is 0 Å². The van der Waals surface area contributed by atoms with Crippen LogP contribution in [0.1, 0.15) is 29.8 Å². The Balaban J connectivity index is 1.64. The summed E-state index contributed by atoms with van der Waals surface area (Å²) >= 11 is 6.45. The summed E-state index contributed by atoms with van der Waals surface area (Å²) in [6.07, 6.45) is 1.74. The number of carbonyl (C=O) groups is 3. The van der Waals surface area contributed by atoms with E-state index in [0.29, 0.717) is 27.1 Å². The minimum Gasteiger partial charge on any atom is -0.494 e. The first-order valence-corrected chi connectivity index (χ1v) is 10.5. The monoisotopic (exact) mass is 440 g/mol. The number of nitrogens with zero attached hydrogens (tertiary/aromatic N) is 1. The molecule has 0 atom stereocenters. The summed E-state index contributed by atoms with van der Waals surface area (Å²) < 4.78 is 5.75. The Morgan fingerprint density at radius 1 is 1.13 bits per heavy atom. The Morgan fingerprint density at radius 2 is 1.80 bits per heavy atom. The van der Waals surface area contributed by atoms with Gasteiger partial charge in [-0.25, -0.2) is 0 Å². The number of hydrogen-bond acceptors (Lipinski definition) is 6. The van der Waals surface area contributed by atoms with Gasteiger partial charge >= 0.3 is 0 Å². The molecule has 0 radical (unpaired) electrons. The van der Waals surface area contributed by atoms with Gasteiger partial charge in [0.15, 0.2) is 5.78 Å². The molecule has 1 heterocycles. The third kappa shape index (κ3) is 5.34. The molecule has 3 rings (SSSR count). The predicted octanol–water partition coefficient (Wildman–Crippen LogP) is 4.13. The van der Waals surface area contributed by atoms with E-state index in [1.165, 1.54) is 11.8 Å². The number of hydrogen-bond donors (Lipinski definition) is 1. The molecule has 0 saturated carbocycles. The topological polar surface area (TPSA) is 75.7 Å². The second-order valence-electron chi connectivity index (χ2n) is 6.45. The summed E-state index contributed by atoms with van der Waals surface area (Å²) in [5, 5.41) is 2.71. The average molecular weight is 441 g/mol. The molecule has 0 bridgehead atoms. The Hall–Kier alpha value is -2.97.